The SMILES string of the molecule is O[C@@]12CCCC[C@H]1[C@@H](c1ccc(Cl)cc1Cl)NCC2. The second kappa shape index (κ2) is 5.25. The maximum Gasteiger partial charge on any atom is 0.0706 e. The number of hydrogen-bond donors (Lipinski definition) is 2. The Morgan fingerprint density at radius 2 is 2.05 bits per heavy atom. The van der Waals surface area contributed by atoms with Gasteiger partial charge in [-0.05, 0) is 43.5 Å². The fourth-order valence-corrected chi connectivity index (χ4v) is 4.23. The highest BCUT2D eigenvalue weighted by Gasteiger charge is 2.46. The van der Waals surface area contributed by atoms with E-state index in [4.69, 9.17) is 23.2 Å². The van der Waals surface area contributed by atoms with Gasteiger partial charge in [0.1, 0.15) is 0 Å². The molecule has 0 aromatic heterocycles. The molecule has 1 aromatic rings. The van der Waals surface area contributed by atoms with E-state index in [-0.39, 0.29) is 12.0 Å². The van der Waals surface area contributed by atoms with Gasteiger partial charge in [0.05, 0.1) is 5.60 Å². The van der Waals surface area contributed by atoms with E-state index in [9.17, 15) is 5.11 Å². The topological polar surface area (TPSA) is 32.3 Å². The third-order valence-corrected chi connectivity index (χ3v) is 5.25. The van der Waals surface area contributed by atoms with Crippen LogP contribution in [0.15, 0.2) is 18.2 Å². The number of nitrogens with one attached hydrogen (secondary N) is 1. The Kier molecular flexibility index (Phi) is 3.78. The Morgan fingerprint density at radius 3 is 2.84 bits per heavy atom. The van der Waals surface area contributed by atoms with Crippen LogP contribution < -0.4 is 5.32 Å². The van der Waals surface area contributed by atoms with Gasteiger partial charge in [-0.2, -0.15) is 0 Å². The molecule has 3 rings (SSSR count). The lowest BCUT2D eigenvalue weighted by atomic mass is 9.67. The van der Waals surface area contributed by atoms with E-state index in [0.717, 1.165) is 37.8 Å². The van der Waals surface area contributed by atoms with Gasteiger partial charge < -0.3 is 10.4 Å². The number of piperidine rings is 1. The van der Waals surface area contributed by atoms with Crippen LogP contribution in [0.4, 0.5) is 0 Å². The molecule has 0 radical (unpaired) electrons. The average molecular weight is 300 g/mol. The third-order valence-electron chi connectivity index (χ3n) is 4.69. The van der Waals surface area contributed by atoms with Crippen molar-refractivity contribution in [2.24, 2.45) is 5.92 Å². The first-order valence-corrected chi connectivity index (χ1v) is 7.76. The summed E-state index contributed by atoms with van der Waals surface area (Å²) in [5.74, 6) is 0.258. The Labute approximate surface area is 124 Å². The molecule has 0 spiro atoms. The Bertz CT molecular complexity index is 475. The van der Waals surface area contributed by atoms with Crippen LogP contribution in [-0.4, -0.2) is 17.3 Å². The van der Waals surface area contributed by atoms with Gasteiger partial charge in [0, 0.05) is 22.0 Å². The summed E-state index contributed by atoms with van der Waals surface area (Å²) in [6.07, 6.45) is 5.15. The van der Waals surface area contributed by atoms with E-state index in [1.54, 1.807) is 6.07 Å². The lowest BCUT2D eigenvalue weighted by molar-refractivity contribution is -0.0861. The predicted molar refractivity (Wildman–Crippen MR) is 78.7 cm³/mol. The number of aliphatic hydroxyl groups is 1. The first-order chi connectivity index (χ1) is 9.10. The zero-order valence-electron chi connectivity index (χ0n) is 10.8. The molecule has 4 heteroatoms. The monoisotopic (exact) mass is 299 g/mol. The highest BCUT2D eigenvalue weighted by Crippen LogP contribution is 2.46. The van der Waals surface area contributed by atoms with Crippen molar-refractivity contribution in [1.29, 1.82) is 0 Å². The van der Waals surface area contributed by atoms with Crippen molar-refractivity contribution in [3.05, 3.63) is 33.8 Å². The quantitative estimate of drug-likeness (QED) is 0.823. The highest BCUT2D eigenvalue weighted by molar-refractivity contribution is 6.35. The van der Waals surface area contributed by atoms with Gasteiger partial charge >= 0.3 is 0 Å². The van der Waals surface area contributed by atoms with Crippen molar-refractivity contribution >= 4 is 23.2 Å². The second-order valence-electron chi connectivity index (χ2n) is 5.80. The summed E-state index contributed by atoms with van der Waals surface area (Å²) < 4.78 is 0. The Morgan fingerprint density at radius 1 is 1.21 bits per heavy atom. The summed E-state index contributed by atoms with van der Waals surface area (Å²) >= 11 is 12.3. The molecule has 1 aromatic carbocycles. The lowest BCUT2D eigenvalue weighted by Crippen LogP contribution is -2.53. The summed E-state index contributed by atoms with van der Waals surface area (Å²) in [7, 11) is 0. The predicted octanol–water partition coefficient (Wildman–Crippen LogP) is 3.95. The second-order valence-corrected chi connectivity index (χ2v) is 6.65. The van der Waals surface area contributed by atoms with Crippen LogP contribution in [0.25, 0.3) is 0 Å². The van der Waals surface area contributed by atoms with Gasteiger partial charge in [0.2, 0.25) is 0 Å². The van der Waals surface area contributed by atoms with Crippen LogP contribution in [-0.2, 0) is 0 Å². The summed E-state index contributed by atoms with van der Waals surface area (Å²) in [5.41, 5.74) is 0.549. The highest BCUT2D eigenvalue weighted by atomic mass is 35.5. The van der Waals surface area contributed by atoms with E-state index < -0.39 is 5.60 Å². The van der Waals surface area contributed by atoms with Gasteiger partial charge in [0.25, 0.3) is 0 Å². The molecule has 104 valence electrons. The van der Waals surface area contributed by atoms with Crippen molar-refractivity contribution in [1.82, 2.24) is 5.32 Å². The van der Waals surface area contributed by atoms with Crippen molar-refractivity contribution in [2.75, 3.05) is 6.54 Å². The van der Waals surface area contributed by atoms with E-state index in [2.05, 4.69) is 5.32 Å². The van der Waals surface area contributed by atoms with Crippen molar-refractivity contribution in [3.8, 4) is 0 Å². The fraction of sp³-hybridized carbons (Fsp3) is 0.600. The molecule has 3 atom stereocenters. The van der Waals surface area contributed by atoms with Crippen LogP contribution in [0.1, 0.15) is 43.7 Å². The molecule has 0 amide bonds. The minimum atomic E-state index is -0.517. The van der Waals surface area contributed by atoms with Crippen LogP contribution in [0, 0.1) is 5.92 Å². The first-order valence-electron chi connectivity index (χ1n) is 7.01. The number of benzene rings is 1. The maximum absolute atomic E-state index is 10.9. The summed E-state index contributed by atoms with van der Waals surface area (Å²) in [4.78, 5) is 0. The number of halogens is 2. The molecule has 1 saturated carbocycles. The zero-order chi connectivity index (χ0) is 13.5. The smallest absolute Gasteiger partial charge is 0.0706 e. The number of rotatable bonds is 1. The summed E-state index contributed by atoms with van der Waals surface area (Å²) in [5, 5.41) is 15.7. The molecule has 0 unspecified atom stereocenters. The van der Waals surface area contributed by atoms with Crippen molar-refractivity contribution in [2.45, 2.75) is 43.7 Å². The van der Waals surface area contributed by atoms with Gasteiger partial charge in [-0.25, -0.2) is 0 Å². The van der Waals surface area contributed by atoms with Crippen molar-refractivity contribution in [3.63, 3.8) is 0 Å². The molecule has 19 heavy (non-hydrogen) atoms. The molecule has 1 heterocycles. The van der Waals surface area contributed by atoms with E-state index in [1.807, 2.05) is 12.1 Å². The molecule has 2 fully saturated rings. The molecule has 2 N–H and O–H groups in total. The van der Waals surface area contributed by atoms with Crippen LogP contribution in [0.5, 0.6) is 0 Å². The Hall–Kier alpha value is -0.280. The minimum Gasteiger partial charge on any atom is -0.389 e. The minimum absolute atomic E-state index is 0.142. The largest absolute Gasteiger partial charge is 0.389 e. The molecule has 1 aliphatic carbocycles. The molecule has 1 aliphatic heterocycles. The number of hydrogen-bond acceptors (Lipinski definition) is 2. The maximum atomic E-state index is 10.9. The summed E-state index contributed by atoms with van der Waals surface area (Å²) in [6, 6.07) is 5.80. The third kappa shape index (κ3) is 2.52. The van der Waals surface area contributed by atoms with Gasteiger partial charge in [-0.3, -0.25) is 0 Å². The normalized spacial score (nSPS) is 34.9. The van der Waals surface area contributed by atoms with Gasteiger partial charge in [-0.1, -0.05) is 42.1 Å². The lowest BCUT2D eigenvalue weighted by Gasteiger charge is -2.48. The first kappa shape index (κ1) is 13.7. The Balaban J connectivity index is 1.94. The van der Waals surface area contributed by atoms with Crippen LogP contribution in [0.2, 0.25) is 10.0 Å². The molecule has 2 nitrogen and oxygen atoms in total. The summed E-state index contributed by atoms with van der Waals surface area (Å²) in [6.45, 7) is 0.844. The van der Waals surface area contributed by atoms with Gasteiger partial charge in [-0.15, -0.1) is 0 Å². The van der Waals surface area contributed by atoms with Crippen molar-refractivity contribution < 1.29 is 5.11 Å². The van der Waals surface area contributed by atoms with E-state index in [1.165, 1.54) is 6.42 Å². The zero-order valence-corrected chi connectivity index (χ0v) is 12.3. The van der Waals surface area contributed by atoms with E-state index >= 15 is 0 Å². The fourth-order valence-electron chi connectivity index (χ4n) is 3.70. The van der Waals surface area contributed by atoms with Crippen LogP contribution >= 0.6 is 23.2 Å². The standard InChI is InChI=1S/C15H19Cl2NO/c16-10-4-5-11(13(17)9-10)14-12-3-1-2-6-15(12,19)7-8-18-14/h4-5,9,12,14,18-19H,1-3,6-8H2/t12-,14+,15+/m0/s1. The molecule has 2 aliphatic rings. The molecular weight excluding hydrogens is 281 g/mol. The molecule has 0 bridgehead atoms. The van der Waals surface area contributed by atoms with E-state index in [0.29, 0.717) is 10.0 Å². The molecular formula is C15H19Cl2NO. The molecule has 1 saturated heterocycles. The number of fused-ring (bicyclic) bond motifs is 1. The van der Waals surface area contributed by atoms with Gasteiger partial charge in [0.15, 0.2) is 0 Å². The van der Waals surface area contributed by atoms with Crippen LogP contribution in [0.3, 0.4) is 0 Å². The average Bonchev–Trinajstić information content (AvgIpc) is 2.37.